The summed E-state index contributed by atoms with van der Waals surface area (Å²) in [7, 11) is 2.88. The van der Waals surface area contributed by atoms with Crippen LogP contribution in [0.1, 0.15) is 63.6 Å². The zero-order valence-electron chi connectivity index (χ0n) is 15.7. The molecule has 0 aliphatic carbocycles. The molecular weight excluding hydrogens is 300 g/mol. The maximum atomic E-state index is 12.1. The molecule has 0 bridgehead atoms. The van der Waals surface area contributed by atoms with Crippen LogP contribution in [0.3, 0.4) is 0 Å². The lowest BCUT2D eigenvalue weighted by Crippen LogP contribution is -2.12. The molecule has 3 heteroatoms. The van der Waals surface area contributed by atoms with Gasteiger partial charge in [0.1, 0.15) is 5.57 Å². The number of carbonyl (C=O) groups is 1. The molecule has 0 N–H and O–H groups in total. The van der Waals surface area contributed by atoms with Crippen molar-refractivity contribution in [2.24, 2.45) is 0 Å². The van der Waals surface area contributed by atoms with E-state index in [9.17, 15) is 4.79 Å². The van der Waals surface area contributed by atoms with E-state index in [2.05, 4.69) is 45.6 Å². The van der Waals surface area contributed by atoms with Gasteiger partial charge in [-0.3, -0.25) is 0 Å². The number of rotatable bonds is 5. The predicted octanol–water partition coefficient (Wildman–Crippen LogP) is 4.69. The molecule has 0 spiro atoms. The average molecular weight is 328 g/mol. The molecule has 1 aromatic rings. The van der Waals surface area contributed by atoms with Gasteiger partial charge in [0.25, 0.3) is 0 Å². The summed E-state index contributed by atoms with van der Waals surface area (Å²) in [6.07, 6.45) is 4.44. The van der Waals surface area contributed by atoms with E-state index in [1.54, 1.807) is 0 Å². The van der Waals surface area contributed by atoms with Crippen molar-refractivity contribution in [2.45, 2.75) is 52.4 Å². The summed E-state index contributed by atoms with van der Waals surface area (Å²) in [4.78, 5) is 12.1. The minimum absolute atomic E-state index is 0.00871. The molecule has 0 aliphatic heterocycles. The molecule has 0 aromatic heterocycles. The van der Waals surface area contributed by atoms with E-state index in [1.807, 2.05) is 12.1 Å². The van der Waals surface area contributed by atoms with Crippen LogP contribution in [0.4, 0.5) is 0 Å². The third kappa shape index (κ3) is 5.45. The van der Waals surface area contributed by atoms with Crippen molar-refractivity contribution in [1.29, 1.82) is 0 Å². The van der Waals surface area contributed by atoms with Crippen molar-refractivity contribution in [3.05, 3.63) is 41.2 Å². The first-order valence-electron chi connectivity index (χ1n) is 8.30. The molecule has 0 unspecified atom stereocenters. The summed E-state index contributed by atoms with van der Waals surface area (Å²) >= 11 is 0. The summed E-state index contributed by atoms with van der Waals surface area (Å²) < 4.78 is 9.95. The Labute approximate surface area is 146 Å². The van der Waals surface area contributed by atoms with Crippen LogP contribution in [0.2, 0.25) is 0 Å². The molecule has 3 nitrogen and oxygen atoms in total. The highest BCUT2D eigenvalue weighted by Crippen LogP contribution is 2.28. The van der Waals surface area contributed by atoms with E-state index >= 15 is 0 Å². The second kappa shape index (κ2) is 9.17. The van der Waals surface area contributed by atoms with Crippen molar-refractivity contribution in [1.82, 2.24) is 0 Å². The lowest BCUT2D eigenvalue weighted by atomic mass is 9.84. The minimum Gasteiger partial charge on any atom is -0.503 e. The van der Waals surface area contributed by atoms with Gasteiger partial charge in [-0.2, -0.15) is 0 Å². The lowest BCUT2D eigenvalue weighted by molar-refractivity contribution is -0.133. The Kier molecular flexibility index (Phi) is 7.58. The number of benzene rings is 1. The average Bonchev–Trinajstić information content (AvgIpc) is 2.55. The van der Waals surface area contributed by atoms with E-state index in [0.717, 1.165) is 30.4 Å². The Bertz CT molecular complexity index is 652. The first-order valence-corrected chi connectivity index (χ1v) is 8.30. The van der Waals surface area contributed by atoms with E-state index in [-0.39, 0.29) is 5.41 Å². The molecule has 0 fully saturated rings. The largest absolute Gasteiger partial charge is 0.503 e. The smallest absolute Gasteiger partial charge is 0.341 e. The van der Waals surface area contributed by atoms with E-state index < -0.39 is 5.97 Å². The van der Waals surface area contributed by atoms with Crippen molar-refractivity contribution in [3.8, 4) is 11.8 Å². The standard InChI is InChI=1S/C21H28O3/c1-7-8-9-10-11-16-14-17(21(2,3)4)12-13-18(16)19(15-23-5)20(22)24-6/h12-15H,7-9H2,1-6H3/b19-15+. The molecular formula is C21H28O3. The number of hydrogen-bond acceptors (Lipinski definition) is 3. The third-order valence-electron chi connectivity index (χ3n) is 3.70. The first kappa shape index (κ1) is 19.8. The van der Waals surface area contributed by atoms with Gasteiger partial charge < -0.3 is 9.47 Å². The number of unbranched alkanes of at least 4 members (excludes halogenated alkanes) is 2. The molecule has 130 valence electrons. The Morgan fingerprint density at radius 2 is 1.96 bits per heavy atom. The van der Waals surface area contributed by atoms with E-state index in [0.29, 0.717) is 5.57 Å². The molecule has 24 heavy (non-hydrogen) atoms. The molecule has 0 saturated heterocycles. The molecule has 0 atom stereocenters. The maximum Gasteiger partial charge on any atom is 0.341 e. The zero-order valence-corrected chi connectivity index (χ0v) is 15.7. The second-order valence-corrected chi connectivity index (χ2v) is 6.67. The summed E-state index contributed by atoms with van der Waals surface area (Å²) in [6.45, 7) is 8.61. The van der Waals surface area contributed by atoms with Crippen molar-refractivity contribution < 1.29 is 14.3 Å². The number of esters is 1. The summed E-state index contributed by atoms with van der Waals surface area (Å²) in [6, 6.07) is 6.01. The molecule has 0 saturated carbocycles. The fraction of sp³-hybridized carbons (Fsp3) is 0.476. The molecule has 0 aliphatic rings. The topological polar surface area (TPSA) is 35.5 Å². The normalized spacial score (nSPS) is 11.5. The fourth-order valence-corrected chi connectivity index (χ4v) is 2.22. The van der Waals surface area contributed by atoms with Crippen molar-refractivity contribution >= 4 is 11.5 Å². The van der Waals surface area contributed by atoms with Gasteiger partial charge in [0.2, 0.25) is 0 Å². The Hall–Kier alpha value is -2.21. The summed E-state index contributed by atoms with van der Waals surface area (Å²) in [5.74, 6) is 6.00. The molecule has 0 radical (unpaired) electrons. The minimum atomic E-state index is -0.433. The number of methoxy groups -OCH3 is 2. The maximum absolute atomic E-state index is 12.1. The first-order chi connectivity index (χ1) is 11.3. The van der Waals surface area contributed by atoms with Crippen LogP contribution in [0.25, 0.3) is 5.57 Å². The molecule has 1 rings (SSSR count). The van der Waals surface area contributed by atoms with Crippen molar-refractivity contribution in [3.63, 3.8) is 0 Å². The number of hydrogen-bond donors (Lipinski definition) is 0. The molecule has 1 aromatic carbocycles. The zero-order chi connectivity index (χ0) is 18.2. The van der Waals surface area contributed by atoms with Gasteiger partial charge in [-0.05, 0) is 23.5 Å². The van der Waals surface area contributed by atoms with Crippen LogP contribution in [0, 0.1) is 11.8 Å². The van der Waals surface area contributed by atoms with Gasteiger partial charge in [0.05, 0.1) is 20.5 Å². The highest BCUT2D eigenvalue weighted by atomic mass is 16.5. The third-order valence-corrected chi connectivity index (χ3v) is 3.70. The van der Waals surface area contributed by atoms with Crippen LogP contribution in [-0.2, 0) is 19.7 Å². The summed E-state index contributed by atoms with van der Waals surface area (Å²) in [5.41, 5.74) is 3.12. The van der Waals surface area contributed by atoms with E-state index in [1.165, 1.54) is 26.0 Å². The van der Waals surface area contributed by atoms with Crippen LogP contribution in [0.5, 0.6) is 0 Å². The van der Waals surface area contributed by atoms with Crippen LogP contribution in [0.15, 0.2) is 24.5 Å². The van der Waals surface area contributed by atoms with Crippen LogP contribution in [-0.4, -0.2) is 20.2 Å². The fourth-order valence-electron chi connectivity index (χ4n) is 2.22. The van der Waals surface area contributed by atoms with Crippen LogP contribution < -0.4 is 0 Å². The second-order valence-electron chi connectivity index (χ2n) is 6.67. The van der Waals surface area contributed by atoms with Gasteiger partial charge in [-0.15, -0.1) is 0 Å². The van der Waals surface area contributed by atoms with Gasteiger partial charge in [0, 0.05) is 17.5 Å². The molecule has 0 heterocycles. The van der Waals surface area contributed by atoms with Gasteiger partial charge in [0.15, 0.2) is 0 Å². The molecule has 0 amide bonds. The quantitative estimate of drug-likeness (QED) is 0.259. The lowest BCUT2D eigenvalue weighted by Gasteiger charge is -2.20. The highest BCUT2D eigenvalue weighted by molar-refractivity contribution is 6.16. The number of ether oxygens (including phenoxy) is 2. The Balaban J connectivity index is 3.43. The van der Waals surface area contributed by atoms with Gasteiger partial charge in [-0.1, -0.05) is 58.1 Å². The van der Waals surface area contributed by atoms with E-state index in [4.69, 9.17) is 9.47 Å². The van der Waals surface area contributed by atoms with Crippen molar-refractivity contribution in [2.75, 3.05) is 14.2 Å². The van der Waals surface area contributed by atoms with Gasteiger partial charge >= 0.3 is 5.97 Å². The Morgan fingerprint density at radius 1 is 1.25 bits per heavy atom. The highest BCUT2D eigenvalue weighted by Gasteiger charge is 2.20. The monoisotopic (exact) mass is 328 g/mol. The summed E-state index contributed by atoms with van der Waals surface area (Å²) in [5, 5.41) is 0. The predicted molar refractivity (Wildman–Crippen MR) is 98.5 cm³/mol. The Morgan fingerprint density at radius 3 is 2.50 bits per heavy atom. The SMILES string of the molecule is CCCCC#Cc1cc(C(C)(C)C)ccc1/C(=C\OC)C(=O)OC. The van der Waals surface area contributed by atoms with Gasteiger partial charge in [-0.25, -0.2) is 4.79 Å². The number of carbonyl (C=O) groups excluding carboxylic acids is 1. The van der Waals surface area contributed by atoms with Crippen LogP contribution >= 0.6 is 0 Å².